The Bertz CT molecular complexity index is 508. The summed E-state index contributed by atoms with van der Waals surface area (Å²) in [7, 11) is 0. The highest BCUT2D eigenvalue weighted by atomic mass is 16.4. The number of carbonyl (C=O) groups excluding carboxylic acids is 1. The smallest absolute Gasteiger partial charge is 0.320 e. The second kappa shape index (κ2) is 6.05. The standard InChI is InChI=1S/C15H20N2O3/c1-10-6-11(2)8-12(7-10)16-14(18)9-17-5-3-4-13(17)15(19)20/h6-8,13H,3-5,9H2,1-2H3,(H,16,18)(H,19,20). The Labute approximate surface area is 118 Å². The molecule has 0 saturated carbocycles. The van der Waals surface area contributed by atoms with Crippen molar-refractivity contribution in [1.29, 1.82) is 0 Å². The molecular formula is C15H20N2O3. The van der Waals surface area contributed by atoms with Gasteiger partial charge in [-0.1, -0.05) is 6.07 Å². The van der Waals surface area contributed by atoms with Crippen molar-refractivity contribution in [2.24, 2.45) is 0 Å². The Hall–Kier alpha value is -1.88. The lowest BCUT2D eigenvalue weighted by Crippen LogP contribution is -2.40. The van der Waals surface area contributed by atoms with Gasteiger partial charge in [-0.3, -0.25) is 14.5 Å². The highest BCUT2D eigenvalue weighted by Crippen LogP contribution is 2.18. The summed E-state index contributed by atoms with van der Waals surface area (Å²) in [5.74, 6) is -1.01. The van der Waals surface area contributed by atoms with Gasteiger partial charge < -0.3 is 10.4 Å². The van der Waals surface area contributed by atoms with Crippen molar-refractivity contribution < 1.29 is 14.7 Å². The van der Waals surface area contributed by atoms with Crippen molar-refractivity contribution in [3.05, 3.63) is 29.3 Å². The van der Waals surface area contributed by atoms with Crippen LogP contribution >= 0.6 is 0 Å². The Morgan fingerprint density at radius 1 is 1.30 bits per heavy atom. The number of nitrogens with one attached hydrogen (secondary N) is 1. The van der Waals surface area contributed by atoms with Crippen LogP contribution in [-0.2, 0) is 9.59 Å². The number of likely N-dealkylation sites (tertiary alicyclic amines) is 1. The Balaban J connectivity index is 1.97. The average Bonchev–Trinajstić information content (AvgIpc) is 2.75. The highest BCUT2D eigenvalue weighted by molar-refractivity contribution is 5.92. The van der Waals surface area contributed by atoms with Gasteiger partial charge in [-0.05, 0) is 56.5 Å². The topological polar surface area (TPSA) is 69.6 Å². The van der Waals surface area contributed by atoms with E-state index in [0.29, 0.717) is 13.0 Å². The monoisotopic (exact) mass is 276 g/mol. The molecule has 1 amide bonds. The van der Waals surface area contributed by atoms with Crippen molar-refractivity contribution in [3.63, 3.8) is 0 Å². The van der Waals surface area contributed by atoms with Crippen molar-refractivity contribution >= 4 is 17.6 Å². The first-order valence-electron chi connectivity index (χ1n) is 6.81. The third-order valence-electron chi connectivity index (χ3n) is 3.50. The maximum atomic E-state index is 12.0. The zero-order valence-electron chi connectivity index (χ0n) is 11.8. The number of rotatable bonds is 4. The summed E-state index contributed by atoms with van der Waals surface area (Å²) in [5, 5.41) is 11.9. The maximum Gasteiger partial charge on any atom is 0.320 e. The number of nitrogens with zero attached hydrogens (tertiary/aromatic N) is 1. The summed E-state index contributed by atoms with van der Waals surface area (Å²) in [5.41, 5.74) is 2.94. The molecule has 0 bridgehead atoms. The van der Waals surface area contributed by atoms with Gasteiger partial charge in [-0.2, -0.15) is 0 Å². The summed E-state index contributed by atoms with van der Waals surface area (Å²) >= 11 is 0. The zero-order chi connectivity index (χ0) is 14.7. The quantitative estimate of drug-likeness (QED) is 0.879. The average molecular weight is 276 g/mol. The molecule has 1 aromatic rings. The van der Waals surface area contributed by atoms with Crippen molar-refractivity contribution in [2.75, 3.05) is 18.4 Å². The molecule has 0 aromatic heterocycles. The van der Waals surface area contributed by atoms with Crippen LogP contribution in [0.3, 0.4) is 0 Å². The van der Waals surface area contributed by atoms with Crippen LogP contribution in [0.15, 0.2) is 18.2 Å². The van der Waals surface area contributed by atoms with Crippen LogP contribution in [0.1, 0.15) is 24.0 Å². The van der Waals surface area contributed by atoms with Crippen molar-refractivity contribution in [3.8, 4) is 0 Å². The minimum atomic E-state index is -0.846. The lowest BCUT2D eigenvalue weighted by molar-refractivity contribution is -0.142. The number of hydrogen-bond donors (Lipinski definition) is 2. The molecule has 1 fully saturated rings. The van der Waals surface area contributed by atoms with E-state index in [1.165, 1.54) is 0 Å². The van der Waals surface area contributed by atoms with Crippen LogP contribution in [0.25, 0.3) is 0 Å². The van der Waals surface area contributed by atoms with Gasteiger partial charge >= 0.3 is 5.97 Å². The van der Waals surface area contributed by atoms with E-state index in [1.807, 2.05) is 32.0 Å². The first-order chi connectivity index (χ1) is 9.45. The van der Waals surface area contributed by atoms with Crippen LogP contribution in [0.4, 0.5) is 5.69 Å². The molecule has 108 valence electrons. The first-order valence-corrected chi connectivity index (χ1v) is 6.81. The number of hydrogen-bond acceptors (Lipinski definition) is 3. The fraction of sp³-hybridized carbons (Fsp3) is 0.467. The first kappa shape index (κ1) is 14.5. The SMILES string of the molecule is Cc1cc(C)cc(NC(=O)CN2CCCC2C(=O)O)c1. The lowest BCUT2D eigenvalue weighted by Gasteiger charge is -2.20. The summed E-state index contributed by atoms with van der Waals surface area (Å²) < 4.78 is 0. The zero-order valence-corrected chi connectivity index (χ0v) is 11.8. The second-order valence-corrected chi connectivity index (χ2v) is 5.39. The predicted octanol–water partition coefficient (Wildman–Crippen LogP) is 1.79. The number of carbonyl (C=O) groups is 2. The normalized spacial score (nSPS) is 19.0. The minimum absolute atomic E-state index is 0.129. The summed E-state index contributed by atoms with van der Waals surface area (Å²) in [6.07, 6.45) is 1.44. The molecule has 5 nitrogen and oxygen atoms in total. The Morgan fingerprint density at radius 2 is 1.95 bits per heavy atom. The van der Waals surface area contributed by atoms with Gasteiger partial charge in [-0.15, -0.1) is 0 Å². The number of amides is 1. The van der Waals surface area contributed by atoms with E-state index >= 15 is 0 Å². The third-order valence-corrected chi connectivity index (χ3v) is 3.50. The number of carboxylic acids is 1. The highest BCUT2D eigenvalue weighted by Gasteiger charge is 2.31. The van der Waals surface area contributed by atoms with E-state index in [4.69, 9.17) is 5.11 Å². The molecular weight excluding hydrogens is 256 g/mol. The molecule has 0 spiro atoms. The van der Waals surface area contributed by atoms with Crippen LogP contribution in [0.2, 0.25) is 0 Å². The molecule has 2 N–H and O–H groups in total. The van der Waals surface area contributed by atoms with Crippen molar-refractivity contribution in [2.45, 2.75) is 32.7 Å². The van der Waals surface area contributed by atoms with Gasteiger partial charge in [0.25, 0.3) is 0 Å². The van der Waals surface area contributed by atoms with Gasteiger partial charge in [0.15, 0.2) is 0 Å². The lowest BCUT2D eigenvalue weighted by atomic mass is 10.1. The summed E-state index contributed by atoms with van der Waals surface area (Å²) in [4.78, 5) is 24.8. The molecule has 1 aliphatic rings. The molecule has 2 rings (SSSR count). The molecule has 5 heteroatoms. The van der Waals surface area contributed by atoms with Crippen LogP contribution in [0, 0.1) is 13.8 Å². The third kappa shape index (κ3) is 3.57. The Morgan fingerprint density at radius 3 is 2.55 bits per heavy atom. The maximum absolute atomic E-state index is 12.0. The fourth-order valence-electron chi connectivity index (χ4n) is 2.73. The van der Waals surface area contributed by atoms with Gasteiger partial charge in [0.1, 0.15) is 6.04 Å². The molecule has 1 aromatic carbocycles. The van der Waals surface area contributed by atoms with Crippen LogP contribution in [0.5, 0.6) is 0 Å². The molecule has 1 saturated heterocycles. The molecule has 0 aliphatic carbocycles. The van der Waals surface area contributed by atoms with Gasteiger partial charge in [0.2, 0.25) is 5.91 Å². The Kier molecular flexibility index (Phi) is 4.39. The van der Waals surface area contributed by atoms with E-state index in [2.05, 4.69) is 5.32 Å². The van der Waals surface area contributed by atoms with E-state index < -0.39 is 12.0 Å². The number of anilines is 1. The number of carboxylic acid groups (broad SMARTS) is 1. The number of aliphatic carboxylic acids is 1. The molecule has 1 atom stereocenters. The van der Waals surface area contributed by atoms with Crippen molar-refractivity contribution in [1.82, 2.24) is 4.90 Å². The molecule has 1 heterocycles. The fourth-order valence-corrected chi connectivity index (χ4v) is 2.73. The van der Waals surface area contributed by atoms with Crippen LogP contribution in [-0.4, -0.2) is 41.0 Å². The molecule has 1 unspecified atom stereocenters. The van der Waals surface area contributed by atoms with Crippen LogP contribution < -0.4 is 5.32 Å². The predicted molar refractivity (Wildman–Crippen MR) is 76.8 cm³/mol. The molecule has 0 radical (unpaired) electrons. The van der Waals surface area contributed by atoms with E-state index in [0.717, 1.165) is 23.2 Å². The second-order valence-electron chi connectivity index (χ2n) is 5.39. The van der Waals surface area contributed by atoms with E-state index in [-0.39, 0.29) is 12.5 Å². The molecule has 20 heavy (non-hydrogen) atoms. The minimum Gasteiger partial charge on any atom is -0.480 e. The summed E-state index contributed by atoms with van der Waals surface area (Å²) in [6, 6.07) is 5.32. The van der Waals surface area contributed by atoms with Gasteiger partial charge in [-0.25, -0.2) is 0 Å². The summed E-state index contributed by atoms with van der Waals surface area (Å²) in [6.45, 7) is 4.74. The van der Waals surface area contributed by atoms with E-state index in [1.54, 1.807) is 4.90 Å². The van der Waals surface area contributed by atoms with E-state index in [9.17, 15) is 9.59 Å². The molecule has 1 aliphatic heterocycles. The van der Waals surface area contributed by atoms with Gasteiger partial charge in [0.05, 0.1) is 6.54 Å². The largest absolute Gasteiger partial charge is 0.480 e. The number of aryl methyl sites for hydroxylation is 2. The van der Waals surface area contributed by atoms with Gasteiger partial charge in [0, 0.05) is 5.69 Å². The number of benzene rings is 1.